The van der Waals surface area contributed by atoms with E-state index in [0.717, 1.165) is 36.1 Å². The van der Waals surface area contributed by atoms with Crippen molar-refractivity contribution in [3.05, 3.63) is 70.8 Å². The summed E-state index contributed by atoms with van der Waals surface area (Å²) in [4.78, 5) is 16.1. The van der Waals surface area contributed by atoms with Gasteiger partial charge in [0.15, 0.2) is 0 Å². The van der Waals surface area contributed by atoms with Gasteiger partial charge in [0.1, 0.15) is 6.61 Å². The van der Waals surface area contributed by atoms with E-state index in [-0.39, 0.29) is 42.6 Å². The summed E-state index contributed by atoms with van der Waals surface area (Å²) in [6.07, 6.45) is 3.83. The number of carboxylic acid groups (broad SMARTS) is 1. The Labute approximate surface area is 228 Å². The summed E-state index contributed by atoms with van der Waals surface area (Å²) in [5.74, 6) is 4.97. The molecule has 0 saturated heterocycles. The van der Waals surface area contributed by atoms with E-state index in [1.807, 2.05) is 24.3 Å². The van der Waals surface area contributed by atoms with Crippen molar-refractivity contribution in [2.45, 2.75) is 71.1 Å². The first-order valence-corrected chi connectivity index (χ1v) is 11.6. The summed E-state index contributed by atoms with van der Waals surface area (Å²) >= 11 is 0. The number of alkyl halides is 3. The van der Waals surface area contributed by atoms with Crippen LogP contribution in [0.15, 0.2) is 48.5 Å². The molecule has 2 aromatic rings. The van der Waals surface area contributed by atoms with Crippen molar-refractivity contribution in [3.63, 3.8) is 0 Å². The predicted molar refractivity (Wildman–Crippen MR) is 123 cm³/mol. The van der Waals surface area contributed by atoms with Crippen molar-refractivity contribution >= 4 is 5.97 Å². The minimum atomic E-state index is -4.41. The molecule has 0 bridgehead atoms. The van der Waals surface area contributed by atoms with Crippen LogP contribution in [0.2, 0.25) is 0 Å². The molecule has 0 amide bonds. The third-order valence-corrected chi connectivity index (χ3v) is 5.21. The number of carbonyl (C=O) groups excluding carboxylic acids is 1. The Bertz CT molecular complexity index is 935. The van der Waals surface area contributed by atoms with Crippen molar-refractivity contribution in [1.29, 1.82) is 0 Å². The van der Waals surface area contributed by atoms with Gasteiger partial charge in [0.25, 0.3) is 0 Å². The molecule has 0 aliphatic rings. The van der Waals surface area contributed by atoms with Gasteiger partial charge in [-0.05, 0) is 41.8 Å². The molecule has 4 nitrogen and oxygen atoms in total. The molecule has 8 heteroatoms. The number of carboxylic acids is 1. The molecule has 2 rings (SSSR count). The number of benzene rings is 2. The van der Waals surface area contributed by atoms with Crippen LogP contribution in [0.3, 0.4) is 0 Å². The number of hydrogen-bond donors (Lipinski definition) is 0. The quantitative estimate of drug-likeness (QED) is 0.185. The second-order valence-corrected chi connectivity index (χ2v) is 8.15. The number of hydroxylamine groups is 2. The first-order valence-electron chi connectivity index (χ1n) is 11.6. The molecular formula is C27H31F3NNaO3. The van der Waals surface area contributed by atoms with Crippen molar-refractivity contribution in [1.82, 2.24) is 5.06 Å². The molecule has 0 aliphatic heterocycles. The van der Waals surface area contributed by atoms with Crippen LogP contribution < -0.4 is 34.7 Å². The summed E-state index contributed by atoms with van der Waals surface area (Å²) in [5.41, 5.74) is 1.56. The molecular weight excluding hydrogens is 466 g/mol. The topological polar surface area (TPSA) is 52.6 Å². The van der Waals surface area contributed by atoms with Crippen LogP contribution in [0.5, 0.6) is 0 Å². The van der Waals surface area contributed by atoms with Crippen molar-refractivity contribution in [3.8, 4) is 11.8 Å². The van der Waals surface area contributed by atoms with Crippen LogP contribution in [0.25, 0.3) is 0 Å². The normalized spacial score (nSPS) is 11.0. The number of nitrogens with zero attached hydrogens (tertiary/aromatic N) is 1. The van der Waals surface area contributed by atoms with Gasteiger partial charge >= 0.3 is 35.7 Å². The average molecular weight is 498 g/mol. The Morgan fingerprint density at radius 3 is 2.00 bits per heavy atom. The van der Waals surface area contributed by atoms with Gasteiger partial charge in [0.2, 0.25) is 0 Å². The Hall–Kier alpha value is -1.82. The predicted octanol–water partition coefficient (Wildman–Crippen LogP) is 2.50. The molecule has 0 aromatic heterocycles. The van der Waals surface area contributed by atoms with Crippen LogP contribution in [0.1, 0.15) is 74.1 Å². The fraction of sp³-hybridized carbons (Fsp3) is 0.444. The number of hydrogen-bond acceptors (Lipinski definition) is 4. The third-order valence-electron chi connectivity index (χ3n) is 5.21. The van der Waals surface area contributed by atoms with E-state index in [1.165, 1.54) is 49.3 Å². The molecule has 0 aliphatic carbocycles. The van der Waals surface area contributed by atoms with E-state index in [9.17, 15) is 23.1 Å². The van der Waals surface area contributed by atoms with E-state index >= 15 is 0 Å². The standard InChI is InChI=1S/C27H32F3NO3.Na/c1-2-3-4-5-6-7-8-9-10-22-11-13-23(14-12-22)19-31(34-21-26(32)33)20-24-15-17-25(18-16-24)27(28,29)30;/h11-18H,2-8,19-21H2,1H3,(H,32,33);/q;+1/p-1. The van der Waals surface area contributed by atoms with Gasteiger partial charge in [-0.15, -0.1) is 0 Å². The minimum Gasteiger partial charge on any atom is -0.548 e. The summed E-state index contributed by atoms with van der Waals surface area (Å²) < 4.78 is 38.3. The molecule has 184 valence electrons. The Balaban J connectivity index is 0.00000612. The van der Waals surface area contributed by atoms with Crippen molar-refractivity contribution < 1.29 is 57.5 Å². The maximum absolute atomic E-state index is 12.8. The van der Waals surface area contributed by atoms with Crippen molar-refractivity contribution in [2.75, 3.05) is 6.61 Å². The number of halogens is 3. The monoisotopic (exact) mass is 497 g/mol. The second-order valence-electron chi connectivity index (χ2n) is 8.15. The van der Waals surface area contributed by atoms with Crippen LogP contribution in [0.4, 0.5) is 13.2 Å². The van der Waals surface area contributed by atoms with Crippen LogP contribution in [-0.4, -0.2) is 17.6 Å². The van der Waals surface area contributed by atoms with Gasteiger partial charge in [-0.1, -0.05) is 75.1 Å². The summed E-state index contributed by atoms with van der Waals surface area (Å²) in [6, 6.07) is 12.2. The van der Waals surface area contributed by atoms with Gasteiger partial charge in [-0.3, -0.25) is 4.84 Å². The molecule has 0 saturated carbocycles. The van der Waals surface area contributed by atoms with E-state index in [4.69, 9.17) is 4.84 Å². The zero-order chi connectivity index (χ0) is 24.8. The summed E-state index contributed by atoms with van der Waals surface area (Å²) in [6.45, 7) is 1.92. The van der Waals surface area contributed by atoms with Gasteiger partial charge < -0.3 is 9.90 Å². The molecule has 0 unspecified atom stereocenters. The molecule has 0 heterocycles. The SMILES string of the molecule is CCCCCCCCC#Cc1ccc(CN(Cc2ccc(C(F)(F)F)cc2)OCC(=O)[O-])cc1.[Na+]. The van der Waals surface area contributed by atoms with E-state index in [1.54, 1.807) is 0 Å². The van der Waals surface area contributed by atoms with Gasteiger partial charge in [-0.2, -0.15) is 18.2 Å². The first kappa shape index (κ1) is 31.2. The molecule has 0 fully saturated rings. The summed E-state index contributed by atoms with van der Waals surface area (Å²) in [5, 5.41) is 12.2. The largest absolute Gasteiger partial charge is 1.00 e. The second kappa shape index (κ2) is 16.8. The number of carbonyl (C=O) groups is 1. The van der Waals surface area contributed by atoms with Crippen LogP contribution in [0, 0.1) is 11.8 Å². The number of rotatable bonds is 13. The van der Waals surface area contributed by atoms with Crippen LogP contribution >= 0.6 is 0 Å². The van der Waals surface area contributed by atoms with Gasteiger partial charge in [0, 0.05) is 25.1 Å². The molecule has 0 atom stereocenters. The van der Waals surface area contributed by atoms with Crippen molar-refractivity contribution in [2.24, 2.45) is 0 Å². The van der Waals surface area contributed by atoms with Gasteiger partial charge in [0.05, 0.1) is 11.5 Å². The maximum Gasteiger partial charge on any atom is 1.00 e. The number of aliphatic carboxylic acids is 1. The molecule has 0 radical (unpaired) electrons. The Morgan fingerprint density at radius 1 is 0.914 bits per heavy atom. The fourth-order valence-electron chi connectivity index (χ4n) is 3.35. The van der Waals surface area contributed by atoms with Crippen LogP contribution in [-0.2, 0) is 28.9 Å². The minimum absolute atomic E-state index is 0. The smallest absolute Gasteiger partial charge is 0.548 e. The van der Waals surface area contributed by atoms with E-state index < -0.39 is 24.3 Å². The summed E-state index contributed by atoms with van der Waals surface area (Å²) in [7, 11) is 0. The Kier molecular flexibility index (Phi) is 15.0. The first-order chi connectivity index (χ1) is 16.3. The maximum atomic E-state index is 12.8. The zero-order valence-corrected chi connectivity index (χ0v) is 22.5. The molecule has 2 aromatic carbocycles. The van der Waals surface area contributed by atoms with E-state index in [0.29, 0.717) is 5.56 Å². The zero-order valence-electron chi connectivity index (χ0n) is 20.5. The fourth-order valence-corrected chi connectivity index (χ4v) is 3.35. The Morgan fingerprint density at radius 2 is 1.46 bits per heavy atom. The molecule has 0 spiro atoms. The number of unbranched alkanes of at least 4 members (excludes halogenated alkanes) is 6. The average Bonchev–Trinajstić information content (AvgIpc) is 2.80. The molecule has 35 heavy (non-hydrogen) atoms. The van der Waals surface area contributed by atoms with Gasteiger partial charge in [-0.25, -0.2) is 0 Å². The van der Waals surface area contributed by atoms with E-state index in [2.05, 4.69) is 18.8 Å². The third kappa shape index (κ3) is 13.2. The molecule has 0 N–H and O–H groups in total.